The van der Waals surface area contributed by atoms with Gasteiger partial charge in [-0.15, -0.1) is 0 Å². The maximum atomic E-state index is 5.59. The van der Waals surface area contributed by atoms with Crippen molar-refractivity contribution in [3.05, 3.63) is 53.5 Å². The molecule has 3 aromatic heterocycles. The van der Waals surface area contributed by atoms with Crippen LogP contribution in [0.2, 0.25) is 0 Å². The number of aromatic nitrogens is 5. The van der Waals surface area contributed by atoms with Crippen molar-refractivity contribution in [1.82, 2.24) is 24.3 Å². The SMILES string of the molecule is CCn1c(C)nc2c(N3CCOCC3)cc(-n3nc(-c4cccc(C)c4)cc3COC)nc21.COCC(C)C. The number of methoxy groups -OCH3 is 2. The third-order valence-corrected chi connectivity index (χ3v) is 6.63. The molecule has 1 fully saturated rings. The molecule has 4 heterocycles. The Morgan fingerprint density at radius 1 is 1.00 bits per heavy atom. The van der Waals surface area contributed by atoms with E-state index in [-0.39, 0.29) is 0 Å². The molecule has 4 aromatic rings. The highest BCUT2D eigenvalue weighted by molar-refractivity contribution is 5.88. The average molecular weight is 535 g/mol. The number of pyridine rings is 1. The first kappa shape index (κ1) is 28.7. The molecule has 0 aliphatic carbocycles. The first-order valence-corrected chi connectivity index (χ1v) is 13.7. The lowest BCUT2D eigenvalue weighted by atomic mass is 10.1. The van der Waals surface area contributed by atoms with Crippen LogP contribution < -0.4 is 4.90 Å². The highest BCUT2D eigenvalue weighted by Crippen LogP contribution is 2.31. The predicted octanol–water partition coefficient (Wildman–Crippen LogP) is 5.19. The molecule has 1 saturated heterocycles. The van der Waals surface area contributed by atoms with Crippen LogP contribution in [0, 0.1) is 19.8 Å². The molecule has 0 bridgehead atoms. The van der Waals surface area contributed by atoms with Crippen molar-refractivity contribution in [2.75, 3.05) is 52.0 Å². The summed E-state index contributed by atoms with van der Waals surface area (Å²) in [6.45, 7) is 15.7. The number of rotatable bonds is 8. The van der Waals surface area contributed by atoms with E-state index >= 15 is 0 Å². The van der Waals surface area contributed by atoms with Gasteiger partial charge in [0.1, 0.15) is 11.3 Å². The number of imidazole rings is 1. The normalized spacial score (nSPS) is 13.7. The highest BCUT2D eigenvalue weighted by Gasteiger charge is 2.22. The van der Waals surface area contributed by atoms with E-state index in [1.807, 2.05) is 11.6 Å². The van der Waals surface area contributed by atoms with Gasteiger partial charge in [0.2, 0.25) is 0 Å². The summed E-state index contributed by atoms with van der Waals surface area (Å²) in [6, 6.07) is 12.6. The second-order valence-corrected chi connectivity index (χ2v) is 10.3. The van der Waals surface area contributed by atoms with E-state index in [2.05, 4.69) is 73.6 Å². The summed E-state index contributed by atoms with van der Waals surface area (Å²) < 4.78 is 20.0. The molecule has 39 heavy (non-hydrogen) atoms. The third kappa shape index (κ3) is 6.66. The van der Waals surface area contributed by atoms with Crippen molar-refractivity contribution in [1.29, 1.82) is 0 Å². The Hall–Kier alpha value is -3.27. The molecule has 5 rings (SSSR count). The fraction of sp³-hybridized carbons (Fsp3) is 0.500. The minimum absolute atomic E-state index is 0.442. The topological polar surface area (TPSA) is 79.5 Å². The van der Waals surface area contributed by atoms with Crippen molar-refractivity contribution in [3.63, 3.8) is 0 Å². The summed E-state index contributed by atoms with van der Waals surface area (Å²) in [5.74, 6) is 2.41. The fourth-order valence-electron chi connectivity index (χ4n) is 4.85. The van der Waals surface area contributed by atoms with Gasteiger partial charge < -0.3 is 23.7 Å². The van der Waals surface area contributed by atoms with Gasteiger partial charge in [0.15, 0.2) is 11.5 Å². The first-order chi connectivity index (χ1) is 18.9. The van der Waals surface area contributed by atoms with Crippen molar-refractivity contribution < 1.29 is 14.2 Å². The summed E-state index contributed by atoms with van der Waals surface area (Å²) in [5, 5.41) is 4.97. The Bertz CT molecular complexity index is 1370. The van der Waals surface area contributed by atoms with Crippen molar-refractivity contribution in [3.8, 4) is 17.1 Å². The minimum atomic E-state index is 0.442. The molecule has 0 atom stereocenters. The van der Waals surface area contributed by atoms with Gasteiger partial charge in [-0.25, -0.2) is 14.6 Å². The van der Waals surface area contributed by atoms with Crippen molar-refractivity contribution >= 4 is 16.9 Å². The lowest BCUT2D eigenvalue weighted by Crippen LogP contribution is -2.36. The van der Waals surface area contributed by atoms with Crippen LogP contribution in [0.15, 0.2) is 36.4 Å². The summed E-state index contributed by atoms with van der Waals surface area (Å²) in [6.07, 6.45) is 0. The van der Waals surface area contributed by atoms with Crippen LogP contribution in [0.25, 0.3) is 28.2 Å². The van der Waals surface area contributed by atoms with Gasteiger partial charge in [0.25, 0.3) is 0 Å². The zero-order chi connectivity index (χ0) is 27.9. The number of morpholine rings is 1. The Balaban J connectivity index is 0.000000531. The third-order valence-electron chi connectivity index (χ3n) is 6.63. The molecule has 0 saturated carbocycles. The Morgan fingerprint density at radius 3 is 2.38 bits per heavy atom. The van der Waals surface area contributed by atoms with Gasteiger partial charge in [-0.3, -0.25) is 0 Å². The quantitative estimate of drug-likeness (QED) is 0.308. The zero-order valence-corrected chi connectivity index (χ0v) is 24.4. The lowest BCUT2D eigenvalue weighted by Gasteiger charge is -2.29. The second-order valence-electron chi connectivity index (χ2n) is 10.3. The molecule has 1 aliphatic heterocycles. The van der Waals surface area contributed by atoms with Crippen LogP contribution in [0.1, 0.15) is 37.9 Å². The van der Waals surface area contributed by atoms with E-state index in [4.69, 9.17) is 29.3 Å². The first-order valence-electron chi connectivity index (χ1n) is 13.7. The van der Waals surface area contributed by atoms with E-state index in [0.717, 1.165) is 71.7 Å². The molecule has 0 N–H and O–H groups in total. The predicted molar refractivity (Wildman–Crippen MR) is 156 cm³/mol. The number of aryl methyl sites for hydroxylation is 3. The molecule has 9 heteroatoms. The molecule has 0 spiro atoms. The van der Waals surface area contributed by atoms with Crippen molar-refractivity contribution in [2.45, 2.75) is 47.8 Å². The lowest BCUT2D eigenvalue weighted by molar-refractivity contribution is 0.123. The smallest absolute Gasteiger partial charge is 0.164 e. The van der Waals surface area contributed by atoms with E-state index < -0.39 is 0 Å². The number of hydrogen-bond donors (Lipinski definition) is 0. The van der Waals surface area contributed by atoms with Gasteiger partial charge >= 0.3 is 0 Å². The Kier molecular flexibility index (Phi) is 9.72. The Labute approximate surface area is 231 Å². The number of ether oxygens (including phenoxy) is 3. The van der Waals surface area contributed by atoms with E-state index in [9.17, 15) is 0 Å². The molecule has 1 aliphatic rings. The number of anilines is 1. The second kappa shape index (κ2) is 13.2. The number of nitrogens with zero attached hydrogens (tertiary/aromatic N) is 6. The molecule has 0 unspecified atom stereocenters. The number of fused-ring (bicyclic) bond motifs is 1. The molecule has 0 radical (unpaired) electrons. The fourth-order valence-corrected chi connectivity index (χ4v) is 4.85. The molecule has 210 valence electrons. The molecular weight excluding hydrogens is 492 g/mol. The van der Waals surface area contributed by atoms with E-state index in [1.165, 1.54) is 5.56 Å². The molecular formula is C30H42N6O3. The average Bonchev–Trinajstić information content (AvgIpc) is 3.49. The van der Waals surface area contributed by atoms with E-state index in [1.54, 1.807) is 14.2 Å². The van der Waals surface area contributed by atoms with Gasteiger partial charge in [-0.1, -0.05) is 37.6 Å². The number of benzene rings is 1. The number of hydrogen-bond acceptors (Lipinski definition) is 7. The highest BCUT2D eigenvalue weighted by atomic mass is 16.5. The maximum Gasteiger partial charge on any atom is 0.164 e. The van der Waals surface area contributed by atoms with Crippen LogP contribution in [0.3, 0.4) is 0 Å². The monoisotopic (exact) mass is 534 g/mol. The maximum absolute atomic E-state index is 5.59. The molecule has 1 aromatic carbocycles. The summed E-state index contributed by atoms with van der Waals surface area (Å²) in [7, 11) is 3.43. The zero-order valence-electron chi connectivity index (χ0n) is 24.4. The van der Waals surface area contributed by atoms with Gasteiger partial charge in [0, 0.05) is 52.1 Å². The van der Waals surface area contributed by atoms with Gasteiger partial charge in [0.05, 0.1) is 36.9 Å². The summed E-state index contributed by atoms with van der Waals surface area (Å²) >= 11 is 0. The van der Waals surface area contributed by atoms with Crippen LogP contribution in [-0.4, -0.2) is 71.4 Å². The summed E-state index contributed by atoms with van der Waals surface area (Å²) in [4.78, 5) is 12.3. The molecule has 9 nitrogen and oxygen atoms in total. The Morgan fingerprint density at radius 2 is 1.77 bits per heavy atom. The summed E-state index contributed by atoms with van der Waals surface area (Å²) in [5.41, 5.74) is 7.02. The standard InChI is InChI=1S/C25H30N6O2.C5H12O/c1-5-30-18(3)26-24-22(29-9-11-33-12-10-29)15-23(27-25(24)30)31-20(16-32-4)14-21(28-31)19-8-6-7-17(2)13-19;1-5(2)4-6-3/h6-8,13-15H,5,9-12,16H2,1-4H3;5H,4H2,1-3H3. The van der Waals surface area contributed by atoms with Crippen LogP contribution >= 0.6 is 0 Å². The van der Waals surface area contributed by atoms with Gasteiger partial charge in [-0.2, -0.15) is 5.10 Å². The largest absolute Gasteiger partial charge is 0.384 e. The molecule has 0 amide bonds. The van der Waals surface area contributed by atoms with Crippen LogP contribution in [-0.2, 0) is 27.4 Å². The van der Waals surface area contributed by atoms with Crippen LogP contribution in [0.5, 0.6) is 0 Å². The van der Waals surface area contributed by atoms with Crippen molar-refractivity contribution in [2.24, 2.45) is 5.92 Å². The van der Waals surface area contributed by atoms with Crippen LogP contribution in [0.4, 0.5) is 5.69 Å². The minimum Gasteiger partial charge on any atom is -0.384 e. The van der Waals surface area contributed by atoms with E-state index in [0.29, 0.717) is 25.7 Å². The van der Waals surface area contributed by atoms with Gasteiger partial charge in [-0.05, 0) is 38.8 Å².